The van der Waals surface area contributed by atoms with Gasteiger partial charge in [0.15, 0.2) is 0 Å². The molecular weight excluding hydrogens is 288 g/mol. The maximum absolute atomic E-state index is 12.9. The number of nitrogens with one attached hydrogen (secondary N) is 1. The molecule has 0 aromatic heterocycles. The zero-order chi connectivity index (χ0) is 16.4. The highest BCUT2D eigenvalue weighted by Crippen LogP contribution is 2.34. The van der Waals surface area contributed by atoms with Crippen molar-refractivity contribution in [2.24, 2.45) is 5.41 Å². The standard InChI is InChI=1S/C16H27ClN2O2/c1-7-16(8-2)14(21)18-12(15(4,5)6)13(20)19(16)10-11(3)9-17/h9,12H,7-8,10H2,1-6H3,(H,18,21). The summed E-state index contributed by atoms with van der Waals surface area (Å²) in [5.74, 6) is -0.0851. The third-order valence-electron chi connectivity index (χ3n) is 4.36. The van der Waals surface area contributed by atoms with Crippen LogP contribution in [0.15, 0.2) is 11.1 Å². The number of amides is 2. The van der Waals surface area contributed by atoms with Crippen LogP contribution in [0.2, 0.25) is 0 Å². The second kappa shape index (κ2) is 6.39. The van der Waals surface area contributed by atoms with Crippen molar-refractivity contribution in [2.75, 3.05) is 6.54 Å². The molecule has 1 heterocycles. The van der Waals surface area contributed by atoms with Gasteiger partial charge >= 0.3 is 0 Å². The molecule has 2 amide bonds. The molecule has 0 radical (unpaired) electrons. The molecule has 1 saturated heterocycles. The van der Waals surface area contributed by atoms with Gasteiger partial charge < -0.3 is 10.2 Å². The molecule has 1 N–H and O–H groups in total. The molecule has 1 unspecified atom stereocenters. The molecule has 5 heteroatoms. The van der Waals surface area contributed by atoms with Gasteiger partial charge in [-0.15, -0.1) is 0 Å². The maximum atomic E-state index is 12.9. The molecule has 0 saturated carbocycles. The molecular formula is C16H27ClN2O2. The number of hydrogen-bond acceptors (Lipinski definition) is 2. The highest BCUT2D eigenvalue weighted by Gasteiger charge is 2.52. The van der Waals surface area contributed by atoms with Crippen molar-refractivity contribution < 1.29 is 9.59 Å². The number of carbonyl (C=O) groups is 2. The first-order valence-corrected chi connectivity index (χ1v) is 7.96. The molecule has 1 fully saturated rings. The lowest BCUT2D eigenvalue weighted by Crippen LogP contribution is -2.72. The van der Waals surface area contributed by atoms with Crippen LogP contribution in [-0.4, -0.2) is 34.8 Å². The highest BCUT2D eigenvalue weighted by molar-refractivity contribution is 6.25. The number of nitrogens with zero attached hydrogens (tertiary/aromatic N) is 1. The fourth-order valence-corrected chi connectivity index (χ4v) is 2.94. The van der Waals surface area contributed by atoms with Crippen molar-refractivity contribution in [3.05, 3.63) is 11.1 Å². The van der Waals surface area contributed by atoms with E-state index in [0.29, 0.717) is 19.4 Å². The van der Waals surface area contributed by atoms with Crippen molar-refractivity contribution in [3.63, 3.8) is 0 Å². The van der Waals surface area contributed by atoms with E-state index >= 15 is 0 Å². The minimum atomic E-state index is -0.778. The van der Waals surface area contributed by atoms with Gasteiger partial charge in [0.05, 0.1) is 0 Å². The van der Waals surface area contributed by atoms with E-state index < -0.39 is 11.6 Å². The Morgan fingerprint density at radius 2 is 1.86 bits per heavy atom. The van der Waals surface area contributed by atoms with Crippen LogP contribution in [-0.2, 0) is 9.59 Å². The van der Waals surface area contributed by atoms with E-state index in [2.05, 4.69) is 5.32 Å². The van der Waals surface area contributed by atoms with Crippen LogP contribution in [0.5, 0.6) is 0 Å². The van der Waals surface area contributed by atoms with Crippen molar-refractivity contribution in [1.82, 2.24) is 10.2 Å². The molecule has 21 heavy (non-hydrogen) atoms. The lowest BCUT2D eigenvalue weighted by molar-refractivity contribution is -0.160. The predicted octanol–water partition coefficient (Wildman–Crippen LogP) is 3.06. The first kappa shape index (κ1) is 18.0. The Labute approximate surface area is 132 Å². The maximum Gasteiger partial charge on any atom is 0.246 e. The molecule has 1 aliphatic heterocycles. The van der Waals surface area contributed by atoms with Crippen molar-refractivity contribution in [3.8, 4) is 0 Å². The summed E-state index contributed by atoms with van der Waals surface area (Å²) >= 11 is 5.76. The van der Waals surface area contributed by atoms with E-state index in [1.807, 2.05) is 41.5 Å². The summed E-state index contributed by atoms with van der Waals surface area (Å²) in [4.78, 5) is 27.4. The molecule has 0 bridgehead atoms. The van der Waals surface area contributed by atoms with Gasteiger partial charge in [0.2, 0.25) is 11.8 Å². The average Bonchev–Trinajstić information content (AvgIpc) is 2.42. The summed E-state index contributed by atoms with van der Waals surface area (Å²) in [7, 11) is 0. The molecule has 1 atom stereocenters. The first-order valence-electron chi connectivity index (χ1n) is 7.52. The summed E-state index contributed by atoms with van der Waals surface area (Å²) in [5.41, 5.74) is 1.25. The smallest absolute Gasteiger partial charge is 0.246 e. The lowest BCUT2D eigenvalue weighted by atomic mass is 9.79. The van der Waals surface area contributed by atoms with Crippen LogP contribution >= 0.6 is 11.6 Å². The van der Waals surface area contributed by atoms with Crippen LogP contribution in [0.25, 0.3) is 0 Å². The van der Waals surface area contributed by atoms with E-state index in [9.17, 15) is 9.59 Å². The van der Waals surface area contributed by atoms with E-state index in [-0.39, 0.29) is 17.2 Å². The van der Waals surface area contributed by atoms with Crippen LogP contribution in [0.3, 0.4) is 0 Å². The number of halogens is 1. The fourth-order valence-electron chi connectivity index (χ4n) is 2.87. The molecule has 1 rings (SSSR count). The summed E-state index contributed by atoms with van der Waals surface area (Å²) in [6.45, 7) is 12.0. The second-order valence-electron chi connectivity index (χ2n) is 6.89. The van der Waals surface area contributed by atoms with E-state index in [1.165, 1.54) is 5.54 Å². The summed E-state index contributed by atoms with van der Waals surface area (Å²) in [6.07, 6.45) is 1.18. The Morgan fingerprint density at radius 1 is 1.33 bits per heavy atom. The van der Waals surface area contributed by atoms with Crippen LogP contribution in [0, 0.1) is 5.41 Å². The lowest BCUT2D eigenvalue weighted by Gasteiger charge is -2.50. The molecule has 1 aliphatic rings. The SMILES string of the molecule is CCC1(CC)C(=O)NC(C(C)(C)C)C(=O)N1CC(C)=CCl. The van der Waals surface area contributed by atoms with Gasteiger partial charge in [-0.25, -0.2) is 0 Å². The molecule has 4 nitrogen and oxygen atoms in total. The molecule has 0 aromatic rings. The van der Waals surface area contributed by atoms with Gasteiger partial charge in [0.1, 0.15) is 11.6 Å². The summed E-state index contributed by atoms with van der Waals surface area (Å²) in [6, 6.07) is -0.501. The Kier molecular flexibility index (Phi) is 5.48. The zero-order valence-electron chi connectivity index (χ0n) is 13.9. The van der Waals surface area contributed by atoms with Gasteiger partial charge in [-0.05, 0) is 30.8 Å². The van der Waals surface area contributed by atoms with Crippen LogP contribution in [0.1, 0.15) is 54.4 Å². The fraction of sp³-hybridized carbons (Fsp3) is 0.750. The summed E-state index contributed by atoms with van der Waals surface area (Å²) < 4.78 is 0. The van der Waals surface area contributed by atoms with Crippen LogP contribution < -0.4 is 5.32 Å². The normalized spacial score (nSPS) is 23.3. The number of carbonyl (C=O) groups excluding carboxylic acids is 2. The zero-order valence-corrected chi connectivity index (χ0v) is 14.7. The Bertz CT molecular complexity index is 448. The van der Waals surface area contributed by atoms with E-state index in [1.54, 1.807) is 4.90 Å². The van der Waals surface area contributed by atoms with Gasteiger partial charge in [-0.2, -0.15) is 0 Å². The first-order chi connectivity index (χ1) is 9.63. The largest absolute Gasteiger partial charge is 0.342 e. The predicted molar refractivity (Wildman–Crippen MR) is 86.0 cm³/mol. The third kappa shape index (κ3) is 3.25. The van der Waals surface area contributed by atoms with Gasteiger partial charge in [-0.3, -0.25) is 9.59 Å². The third-order valence-corrected chi connectivity index (χ3v) is 4.73. The Balaban J connectivity index is 3.30. The monoisotopic (exact) mass is 314 g/mol. The average molecular weight is 315 g/mol. The van der Waals surface area contributed by atoms with E-state index in [0.717, 1.165) is 5.57 Å². The molecule has 0 aliphatic carbocycles. The topological polar surface area (TPSA) is 49.4 Å². The van der Waals surface area contributed by atoms with E-state index in [4.69, 9.17) is 11.6 Å². The van der Waals surface area contributed by atoms with Crippen LogP contribution in [0.4, 0.5) is 0 Å². The van der Waals surface area contributed by atoms with Gasteiger partial charge in [-0.1, -0.05) is 46.2 Å². The van der Waals surface area contributed by atoms with Gasteiger partial charge in [0.25, 0.3) is 0 Å². The quantitative estimate of drug-likeness (QED) is 0.867. The molecule has 0 spiro atoms. The van der Waals surface area contributed by atoms with Gasteiger partial charge in [0, 0.05) is 12.1 Å². The number of piperazine rings is 1. The highest BCUT2D eigenvalue weighted by atomic mass is 35.5. The number of rotatable bonds is 4. The number of hydrogen-bond donors (Lipinski definition) is 1. The second-order valence-corrected chi connectivity index (χ2v) is 7.11. The Hall–Kier alpha value is -1.03. The minimum Gasteiger partial charge on any atom is -0.342 e. The molecule has 120 valence electrons. The Morgan fingerprint density at radius 3 is 2.24 bits per heavy atom. The minimum absolute atomic E-state index is 0.0244. The summed E-state index contributed by atoms with van der Waals surface area (Å²) in [5, 5.41) is 2.94. The van der Waals surface area contributed by atoms with Crippen molar-refractivity contribution in [1.29, 1.82) is 0 Å². The van der Waals surface area contributed by atoms with Crippen molar-refractivity contribution >= 4 is 23.4 Å². The van der Waals surface area contributed by atoms with Crippen molar-refractivity contribution in [2.45, 2.75) is 66.0 Å². The molecule has 0 aromatic carbocycles.